The van der Waals surface area contributed by atoms with Crippen molar-refractivity contribution in [3.05, 3.63) is 29.3 Å². The number of hydrogen-bond acceptors (Lipinski definition) is 4. The van der Waals surface area contributed by atoms with Gasteiger partial charge in [0.2, 0.25) is 0 Å². The van der Waals surface area contributed by atoms with E-state index in [0.29, 0.717) is 6.54 Å². The van der Waals surface area contributed by atoms with Crippen LogP contribution in [0.3, 0.4) is 0 Å². The second-order valence-electron chi connectivity index (χ2n) is 5.53. The Balaban J connectivity index is 0.00000288. The highest BCUT2D eigenvalue weighted by atomic mass is 127. The summed E-state index contributed by atoms with van der Waals surface area (Å²) in [6.45, 7) is 3.68. The van der Waals surface area contributed by atoms with Crippen molar-refractivity contribution < 1.29 is 8.42 Å². The molecule has 0 saturated carbocycles. The van der Waals surface area contributed by atoms with Crippen molar-refractivity contribution >= 4 is 57.1 Å². The number of guanidine groups is 1. The van der Waals surface area contributed by atoms with Crippen molar-refractivity contribution in [2.75, 3.05) is 56.7 Å². The highest BCUT2D eigenvalue weighted by molar-refractivity contribution is 14.0. The minimum atomic E-state index is -2.97. The van der Waals surface area contributed by atoms with Crippen LogP contribution >= 0.6 is 35.6 Å². The van der Waals surface area contributed by atoms with E-state index >= 15 is 0 Å². The summed E-state index contributed by atoms with van der Waals surface area (Å²) < 4.78 is 22.4. The lowest BCUT2D eigenvalue weighted by molar-refractivity contribution is 0.373. The molecule has 1 aromatic rings. The predicted molar refractivity (Wildman–Crippen MR) is 112 cm³/mol. The van der Waals surface area contributed by atoms with Crippen LogP contribution in [-0.4, -0.2) is 71.1 Å². The lowest BCUT2D eigenvalue weighted by Crippen LogP contribution is -2.53. The molecule has 0 unspecified atom stereocenters. The van der Waals surface area contributed by atoms with Crippen LogP contribution in [0.1, 0.15) is 0 Å². The molecule has 0 atom stereocenters. The first-order valence-electron chi connectivity index (χ1n) is 7.53. The van der Waals surface area contributed by atoms with Gasteiger partial charge >= 0.3 is 0 Å². The van der Waals surface area contributed by atoms with Crippen LogP contribution in [-0.2, 0) is 9.84 Å². The Kier molecular flexibility index (Phi) is 8.58. The monoisotopic (exact) mass is 486 g/mol. The first-order valence-corrected chi connectivity index (χ1v) is 9.97. The molecule has 1 aliphatic rings. The average molecular weight is 487 g/mol. The summed E-state index contributed by atoms with van der Waals surface area (Å²) in [7, 11) is -1.26. The minimum Gasteiger partial charge on any atom is -0.367 e. The molecule has 24 heavy (non-hydrogen) atoms. The summed E-state index contributed by atoms with van der Waals surface area (Å²) in [5.41, 5.74) is 1.05. The van der Waals surface area contributed by atoms with Crippen LogP contribution in [0.4, 0.5) is 5.69 Å². The molecule has 0 radical (unpaired) electrons. The lowest BCUT2D eigenvalue weighted by atomic mass is 10.2. The molecule has 1 fully saturated rings. The summed E-state index contributed by atoms with van der Waals surface area (Å²) in [4.78, 5) is 8.63. The highest BCUT2D eigenvalue weighted by Gasteiger charge is 2.21. The minimum absolute atomic E-state index is 0. The zero-order valence-electron chi connectivity index (χ0n) is 13.9. The van der Waals surface area contributed by atoms with E-state index in [-0.39, 0.29) is 29.7 Å². The third-order valence-electron chi connectivity index (χ3n) is 3.74. The molecular formula is C15H24ClIN4O2S. The molecule has 0 aliphatic carbocycles. The Labute approximate surface area is 166 Å². The SMILES string of the molecule is CN=C(NCCS(C)(=O)=O)N1CCN(c2ccccc2Cl)CC1.I. The molecule has 2 rings (SSSR count). The van der Waals surface area contributed by atoms with Crippen LogP contribution in [0.15, 0.2) is 29.3 Å². The number of para-hydroxylation sites is 1. The van der Waals surface area contributed by atoms with Gasteiger partial charge in [0.1, 0.15) is 9.84 Å². The molecular weight excluding hydrogens is 463 g/mol. The van der Waals surface area contributed by atoms with Gasteiger partial charge in [-0.05, 0) is 12.1 Å². The zero-order valence-corrected chi connectivity index (χ0v) is 17.8. The first-order chi connectivity index (χ1) is 10.9. The van der Waals surface area contributed by atoms with Crippen molar-refractivity contribution in [1.29, 1.82) is 0 Å². The van der Waals surface area contributed by atoms with Gasteiger partial charge < -0.3 is 15.1 Å². The van der Waals surface area contributed by atoms with E-state index in [9.17, 15) is 8.42 Å². The largest absolute Gasteiger partial charge is 0.367 e. The van der Waals surface area contributed by atoms with Crippen molar-refractivity contribution in [3.8, 4) is 0 Å². The Morgan fingerprint density at radius 1 is 1.25 bits per heavy atom. The van der Waals surface area contributed by atoms with Gasteiger partial charge in [0.05, 0.1) is 16.5 Å². The maximum atomic E-state index is 11.2. The molecule has 6 nitrogen and oxygen atoms in total. The smallest absolute Gasteiger partial charge is 0.193 e. The van der Waals surface area contributed by atoms with Gasteiger partial charge in [0.25, 0.3) is 0 Å². The van der Waals surface area contributed by atoms with Crippen molar-refractivity contribution in [2.45, 2.75) is 0 Å². The number of piperazine rings is 1. The van der Waals surface area contributed by atoms with Crippen LogP contribution < -0.4 is 10.2 Å². The van der Waals surface area contributed by atoms with E-state index in [1.807, 2.05) is 24.3 Å². The van der Waals surface area contributed by atoms with E-state index in [1.54, 1.807) is 7.05 Å². The Morgan fingerprint density at radius 3 is 2.42 bits per heavy atom. The number of sulfone groups is 1. The van der Waals surface area contributed by atoms with Gasteiger partial charge in [-0.1, -0.05) is 23.7 Å². The van der Waals surface area contributed by atoms with Gasteiger partial charge in [-0.25, -0.2) is 8.42 Å². The fraction of sp³-hybridized carbons (Fsp3) is 0.533. The maximum Gasteiger partial charge on any atom is 0.193 e. The number of hydrogen-bond donors (Lipinski definition) is 1. The number of halogens is 2. The molecule has 1 aliphatic heterocycles. The summed E-state index contributed by atoms with van der Waals surface area (Å²) in [5.74, 6) is 0.846. The number of anilines is 1. The average Bonchev–Trinajstić information content (AvgIpc) is 2.51. The molecule has 136 valence electrons. The first kappa shape index (κ1) is 21.3. The van der Waals surface area contributed by atoms with E-state index in [4.69, 9.17) is 11.6 Å². The molecule has 0 aromatic heterocycles. The van der Waals surface area contributed by atoms with Crippen molar-refractivity contribution in [2.24, 2.45) is 4.99 Å². The molecule has 1 saturated heterocycles. The van der Waals surface area contributed by atoms with E-state index in [1.165, 1.54) is 6.26 Å². The normalized spacial score (nSPS) is 15.9. The summed E-state index contributed by atoms with van der Waals surface area (Å²) in [6, 6.07) is 7.83. The number of aliphatic imine (C=N–C) groups is 1. The fourth-order valence-electron chi connectivity index (χ4n) is 2.55. The molecule has 1 aromatic carbocycles. The van der Waals surface area contributed by atoms with Crippen LogP contribution in [0.2, 0.25) is 5.02 Å². The number of nitrogens with zero attached hydrogens (tertiary/aromatic N) is 3. The van der Waals surface area contributed by atoms with Gasteiger partial charge in [0.15, 0.2) is 5.96 Å². The third kappa shape index (κ3) is 6.29. The zero-order chi connectivity index (χ0) is 16.9. The second kappa shape index (κ2) is 9.67. The fourth-order valence-corrected chi connectivity index (χ4v) is 3.28. The van der Waals surface area contributed by atoms with E-state index in [0.717, 1.165) is 42.8 Å². The predicted octanol–water partition coefficient (Wildman–Crippen LogP) is 1.70. The Bertz CT molecular complexity index is 661. The molecule has 9 heteroatoms. The molecule has 1 heterocycles. The third-order valence-corrected chi connectivity index (χ3v) is 5.01. The van der Waals surface area contributed by atoms with Crippen LogP contribution in [0.5, 0.6) is 0 Å². The van der Waals surface area contributed by atoms with Crippen LogP contribution in [0.25, 0.3) is 0 Å². The number of nitrogens with one attached hydrogen (secondary N) is 1. The van der Waals surface area contributed by atoms with Gasteiger partial charge in [-0.2, -0.15) is 0 Å². The highest BCUT2D eigenvalue weighted by Crippen LogP contribution is 2.25. The quantitative estimate of drug-likeness (QED) is 0.399. The summed E-state index contributed by atoms with van der Waals surface area (Å²) in [5, 5.41) is 3.87. The Morgan fingerprint density at radius 2 is 1.88 bits per heavy atom. The topological polar surface area (TPSA) is 65.0 Å². The summed E-state index contributed by atoms with van der Waals surface area (Å²) >= 11 is 6.25. The summed E-state index contributed by atoms with van der Waals surface area (Å²) in [6.07, 6.45) is 1.24. The van der Waals surface area contributed by atoms with Crippen molar-refractivity contribution in [3.63, 3.8) is 0 Å². The second-order valence-corrected chi connectivity index (χ2v) is 8.20. The number of benzene rings is 1. The molecule has 0 bridgehead atoms. The van der Waals surface area contributed by atoms with E-state index in [2.05, 4.69) is 20.1 Å². The lowest BCUT2D eigenvalue weighted by Gasteiger charge is -2.38. The molecule has 1 N–H and O–H groups in total. The van der Waals surface area contributed by atoms with Gasteiger partial charge in [-0.15, -0.1) is 24.0 Å². The van der Waals surface area contributed by atoms with Gasteiger partial charge in [-0.3, -0.25) is 4.99 Å². The maximum absolute atomic E-state index is 11.2. The molecule has 0 spiro atoms. The molecule has 0 amide bonds. The standard InChI is InChI=1S/C15H23ClN4O2S.HI/c1-17-15(18-7-12-23(2,21)22)20-10-8-19(9-11-20)14-6-4-3-5-13(14)16;/h3-6H,7-12H2,1-2H3,(H,17,18);1H. The van der Waals surface area contributed by atoms with Gasteiger partial charge in [0, 0.05) is 46.0 Å². The van der Waals surface area contributed by atoms with Crippen LogP contribution in [0, 0.1) is 0 Å². The Hall–Kier alpha value is -0.740. The number of rotatable bonds is 4. The van der Waals surface area contributed by atoms with Crippen molar-refractivity contribution in [1.82, 2.24) is 10.2 Å². The van der Waals surface area contributed by atoms with E-state index < -0.39 is 9.84 Å².